The average molecular weight is 865 g/mol. The molecule has 0 aliphatic heterocycles. The summed E-state index contributed by atoms with van der Waals surface area (Å²) in [5.74, 6) is -0.0278. The summed E-state index contributed by atoms with van der Waals surface area (Å²) in [6.07, 6.45) is -0.697. The fraction of sp³-hybridized carbons (Fsp3) is 0.375. The molecule has 10 N–H and O–H groups in total. The Morgan fingerprint density at radius 3 is 1.02 bits per heavy atom. The Labute approximate surface area is 379 Å². The standard InChI is InChI=1S/C32H44N12O10S2.2Na/c1-17(45)13-33-27-39-28(34-14-18(2)46)42-31(41-27)37-23-9-7-21(25(11-23)55(49,50)51)5-6-22-8-10-24(12-26(22)56(52,53)54)38-32-43-29(35-15-19(3)47)40-30(44-32)36-16-20(4)48;;/h5-12,17-20,45-48H,13-16H2,1-4H3,(H,49,50,51)(H,52,53,54)(H3,33,34,37,39,41,42)(H3,35,36,38,40,43,44);;/q;2*+1/p-2/b6-5+;;. The average Bonchev–Trinajstić information content (AvgIpc) is 3.10. The van der Waals surface area contributed by atoms with Crippen molar-refractivity contribution < 1.29 is 105 Å². The second-order valence-electron chi connectivity index (χ2n) is 12.5. The summed E-state index contributed by atoms with van der Waals surface area (Å²) >= 11 is 0. The van der Waals surface area contributed by atoms with E-state index in [1.165, 1.54) is 24.3 Å². The molecule has 4 aromatic rings. The molecular formula is C32H42N12Na2O10S2. The molecule has 2 aromatic heterocycles. The summed E-state index contributed by atoms with van der Waals surface area (Å²) in [5.41, 5.74) is -0.154. The monoisotopic (exact) mass is 864 g/mol. The summed E-state index contributed by atoms with van der Waals surface area (Å²) in [6, 6.07) is 7.34. The van der Waals surface area contributed by atoms with Crippen molar-refractivity contribution in [1.82, 2.24) is 29.9 Å². The smallest absolute Gasteiger partial charge is 0.744 e. The van der Waals surface area contributed by atoms with E-state index < -0.39 is 54.4 Å². The second kappa shape index (κ2) is 22.9. The third-order valence-electron chi connectivity index (χ3n) is 7.01. The molecule has 2 heterocycles. The third-order valence-corrected chi connectivity index (χ3v) is 8.80. The van der Waals surface area contributed by atoms with Gasteiger partial charge >= 0.3 is 59.1 Å². The minimum atomic E-state index is -5.13. The molecule has 26 heteroatoms. The second-order valence-corrected chi connectivity index (χ2v) is 15.2. The fourth-order valence-electron chi connectivity index (χ4n) is 4.51. The number of hydrogen-bond acceptors (Lipinski definition) is 22. The Morgan fingerprint density at radius 1 is 0.517 bits per heavy atom. The van der Waals surface area contributed by atoms with Crippen molar-refractivity contribution in [3.8, 4) is 0 Å². The number of aromatic nitrogens is 6. The first-order chi connectivity index (χ1) is 26.2. The van der Waals surface area contributed by atoms with Crippen LogP contribution in [0.15, 0.2) is 46.2 Å². The van der Waals surface area contributed by atoms with Crippen LogP contribution in [-0.2, 0) is 20.2 Å². The summed E-state index contributed by atoms with van der Waals surface area (Å²) < 4.78 is 74.3. The first-order valence-electron chi connectivity index (χ1n) is 16.9. The molecule has 304 valence electrons. The maximum absolute atomic E-state index is 12.4. The summed E-state index contributed by atoms with van der Waals surface area (Å²) in [6.45, 7) is 6.50. The van der Waals surface area contributed by atoms with Crippen LogP contribution >= 0.6 is 0 Å². The Bertz CT molecular complexity index is 2020. The van der Waals surface area contributed by atoms with E-state index >= 15 is 0 Å². The van der Waals surface area contributed by atoms with Crippen molar-refractivity contribution in [3.63, 3.8) is 0 Å². The van der Waals surface area contributed by atoms with Gasteiger partial charge in [0, 0.05) is 37.6 Å². The van der Waals surface area contributed by atoms with Crippen LogP contribution in [0.25, 0.3) is 12.2 Å². The van der Waals surface area contributed by atoms with Crippen LogP contribution in [0.2, 0.25) is 0 Å². The van der Waals surface area contributed by atoms with Crippen LogP contribution in [0, 0.1) is 0 Å². The molecule has 22 nitrogen and oxygen atoms in total. The fourth-order valence-corrected chi connectivity index (χ4v) is 5.90. The van der Waals surface area contributed by atoms with Crippen LogP contribution in [-0.4, -0.2) is 127 Å². The van der Waals surface area contributed by atoms with Crippen LogP contribution in [0.5, 0.6) is 0 Å². The Kier molecular flexibility index (Phi) is 20.0. The van der Waals surface area contributed by atoms with Crippen molar-refractivity contribution in [2.24, 2.45) is 0 Å². The molecule has 0 saturated carbocycles. The maximum Gasteiger partial charge on any atom is 1.00 e. The van der Waals surface area contributed by atoms with E-state index in [1.54, 1.807) is 27.7 Å². The van der Waals surface area contributed by atoms with Gasteiger partial charge in [-0.15, -0.1) is 0 Å². The predicted molar refractivity (Wildman–Crippen MR) is 205 cm³/mol. The molecule has 2 aromatic carbocycles. The van der Waals surface area contributed by atoms with E-state index in [9.17, 15) is 46.4 Å². The van der Waals surface area contributed by atoms with Crippen LogP contribution in [0.4, 0.5) is 47.1 Å². The number of aliphatic hydroxyl groups excluding tert-OH is 4. The van der Waals surface area contributed by atoms with Gasteiger partial charge in [-0.2, -0.15) is 29.9 Å². The Morgan fingerprint density at radius 2 is 0.776 bits per heavy atom. The molecule has 0 aliphatic rings. The van der Waals surface area contributed by atoms with E-state index in [-0.39, 0.29) is 143 Å². The van der Waals surface area contributed by atoms with Crippen molar-refractivity contribution in [1.29, 1.82) is 0 Å². The number of rotatable bonds is 20. The topological polar surface area (TPSA) is 345 Å². The van der Waals surface area contributed by atoms with E-state index in [0.29, 0.717) is 0 Å². The normalized spacial score (nSPS) is 13.6. The molecule has 0 aliphatic carbocycles. The van der Waals surface area contributed by atoms with Gasteiger partial charge in [0.05, 0.1) is 34.2 Å². The molecule has 0 fully saturated rings. The van der Waals surface area contributed by atoms with E-state index in [0.717, 1.165) is 24.3 Å². The van der Waals surface area contributed by atoms with Crippen molar-refractivity contribution >= 4 is 79.5 Å². The molecule has 0 radical (unpaired) electrons. The number of hydrogen-bond donors (Lipinski definition) is 10. The zero-order valence-corrected chi connectivity index (χ0v) is 38.1. The van der Waals surface area contributed by atoms with E-state index in [4.69, 9.17) is 0 Å². The first kappa shape index (κ1) is 50.8. The third kappa shape index (κ3) is 16.7. The van der Waals surface area contributed by atoms with Crippen LogP contribution in [0.1, 0.15) is 38.8 Å². The zero-order valence-electron chi connectivity index (χ0n) is 32.5. The molecule has 4 atom stereocenters. The van der Waals surface area contributed by atoms with Gasteiger partial charge in [0.25, 0.3) is 0 Å². The summed E-state index contributed by atoms with van der Waals surface area (Å²) in [5, 5.41) is 55.4. The number of benzene rings is 2. The molecule has 0 bridgehead atoms. The number of anilines is 8. The largest absolute Gasteiger partial charge is 1.00 e. The maximum atomic E-state index is 12.4. The molecule has 58 heavy (non-hydrogen) atoms. The van der Waals surface area contributed by atoms with Gasteiger partial charge in [0.15, 0.2) is 0 Å². The zero-order chi connectivity index (χ0) is 41.2. The molecule has 4 unspecified atom stereocenters. The summed E-state index contributed by atoms with van der Waals surface area (Å²) in [4.78, 5) is 23.7. The van der Waals surface area contributed by atoms with Gasteiger partial charge in [-0.25, -0.2) is 16.8 Å². The summed E-state index contributed by atoms with van der Waals surface area (Å²) in [7, 11) is -10.3. The quantitative estimate of drug-likeness (QED) is 0.0225. The Hall–Kier alpha value is -3.34. The van der Waals surface area contributed by atoms with Gasteiger partial charge in [-0.05, 0) is 63.1 Å². The van der Waals surface area contributed by atoms with Gasteiger partial charge in [-0.1, -0.05) is 24.3 Å². The Balaban J connectivity index is 0.00000580. The van der Waals surface area contributed by atoms with Crippen molar-refractivity contribution in [2.45, 2.75) is 61.9 Å². The first-order valence-corrected chi connectivity index (χ1v) is 19.7. The van der Waals surface area contributed by atoms with Gasteiger partial charge < -0.3 is 61.4 Å². The van der Waals surface area contributed by atoms with Crippen molar-refractivity contribution in [3.05, 3.63) is 47.5 Å². The molecular weight excluding hydrogens is 823 g/mol. The van der Waals surface area contributed by atoms with E-state index in [2.05, 4.69) is 61.8 Å². The van der Waals surface area contributed by atoms with Gasteiger partial charge in [0.1, 0.15) is 20.2 Å². The minimum Gasteiger partial charge on any atom is -0.744 e. The van der Waals surface area contributed by atoms with Gasteiger partial charge in [0.2, 0.25) is 35.7 Å². The SMILES string of the molecule is CC(O)CNc1nc(NCC(C)O)nc(Nc2ccc(/C=C/c3ccc(Nc4nc(NCC(C)O)nc(NCC(C)O)n4)cc3S(=O)(=O)[O-])c(S(=O)(=O)[O-])c2)n1.[Na+].[Na+]. The molecule has 0 saturated heterocycles. The minimum absolute atomic E-state index is 0. The molecule has 0 spiro atoms. The molecule has 4 rings (SSSR count). The van der Waals surface area contributed by atoms with Crippen LogP contribution < -0.4 is 91.0 Å². The predicted octanol–water partition coefficient (Wildman–Crippen LogP) is -5.30. The van der Waals surface area contributed by atoms with Crippen molar-refractivity contribution in [2.75, 3.05) is 58.1 Å². The molecule has 0 amide bonds. The van der Waals surface area contributed by atoms with E-state index in [1.807, 2.05) is 0 Å². The number of nitrogens with zero attached hydrogens (tertiary/aromatic N) is 6. The van der Waals surface area contributed by atoms with Crippen LogP contribution in [0.3, 0.4) is 0 Å². The van der Waals surface area contributed by atoms with Gasteiger partial charge in [-0.3, -0.25) is 0 Å². The number of nitrogens with one attached hydrogen (secondary N) is 6. The number of aliphatic hydroxyl groups is 4.